The van der Waals surface area contributed by atoms with Crippen LogP contribution in [0.25, 0.3) is 10.8 Å². The van der Waals surface area contributed by atoms with Crippen molar-refractivity contribution in [2.75, 3.05) is 50.6 Å². The molecule has 6 nitrogen and oxygen atoms in total. The highest BCUT2D eigenvalue weighted by Gasteiger charge is 2.29. The number of carbonyl (C=O) groups excluding carboxylic acids is 2. The number of hydrogen-bond acceptors (Lipinski definition) is 7. The van der Waals surface area contributed by atoms with E-state index in [1.807, 2.05) is 37.4 Å². The molecule has 1 fully saturated rings. The third-order valence-electron chi connectivity index (χ3n) is 6.39. The van der Waals surface area contributed by atoms with Gasteiger partial charge in [0.25, 0.3) is 0 Å². The van der Waals surface area contributed by atoms with E-state index in [9.17, 15) is 9.59 Å². The van der Waals surface area contributed by atoms with Gasteiger partial charge in [0.2, 0.25) is 5.91 Å². The van der Waals surface area contributed by atoms with E-state index in [-0.39, 0.29) is 11.8 Å². The Hall–Kier alpha value is -1.33. The topological polar surface area (TPSA) is 61.9 Å². The minimum absolute atomic E-state index is 0.0298. The number of fused-ring (bicyclic) bond motifs is 1. The zero-order valence-electron chi connectivity index (χ0n) is 20.6. The van der Waals surface area contributed by atoms with E-state index in [1.54, 1.807) is 7.11 Å². The molecule has 3 aromatic rings. The zero-order chi connectivity index (χ0) is 26.5. The quantitative estimate of drug-likeness (QED) is 0.139. The zero-order valence-corrected chi connectivity index (χ0v) is 25.3. The molecule has 4 rings (SSSR count). The molecule has 37 heavy (non-hydrogen) atoms. The van der Waals surface area contributed by atoms with Crippen LogP contribution in [0.2, 0.25) is 8.67 Å². The Morgan fingerprint density at radius 1 is 1.32 bits per heavy atom. The second kappa shape index (κ2) is 13.2. The number of halogens is 3. The molecule has 1 amide bonds. The van der Waals surface area contributed by atoms with Crippen molar-refractivity contribution in [1.29, 1.82) is 0 Å². The van der Waals surface area contributed by atoms with Crippen LogP contribution in [0.1, 0.15) is 29.6 Å². The number of hydrogen-bond donors (Lipinski definition) is 1. The van der Waals surface area contributed by atoms with Crippen molar-refractivity contribution >= 4 is 96.8 Å². The predicted molar refractivity (Wildman–Crippen MR) is 160 cm³/mol. The number of nitrogens with one attached hydrogen (secondary N) is 1. The normalized spacial score (nSPS) is 16.2. The maximum atomic E-state index is 13.4. The molecule has 1 aliphatic heterocycles. The number of ether oxygens (including phenoxy) is 1. The molecule has 0 radical (unpaired) electrons. The number of benzene rings is 2. The summed E-state index contributed by atoms with van der Waals surface area (Å²) in [5, 5.41) is 4.84. The van der Waals surface area contributed by atoms with Gasteiger partial charge in [0.05, 0.1) is 15.3 Å². The highest BCUT2D eigenvalue weighted by Crippen LogP contribution is 2.47. The average Bonchev–Trinajstić information content (AvgIpc) is 3.14. The van der Waals surface area contributed by atoms with Crippen LogP contribution in [0.5, 0.6) is 0 Å². The fourth-order valence-corrected chi connectivity index (χ4v) is 8.20. The maximum Gasteiger partial charge on any atom is 0.228 e. The lowest BCUT2D eigenvalue weighted by molar-refractivity contribution is -0.120. The van der Waals surface area contributed by atoms with Gasteiger partial charge in [0.15, 0.2) is 6.29 Å². The van der Waals surface area contributed by atoms with Crippen molar-refractivity contribution in [1.82, 2.24) is 4.31 Å². The minimum atomic E-state index is -0.173. The highest BCUT2D eigenvalue weighted by molar-refractivity contribution is 9.10. The van der Waals surface area contributed by atoms with Crippen LogP contribution >= 0.6 is 62.4 Å². The molecule has 1 aliphatic rings. The molecule has 2 heterocycles. The maximum absolute atomic E-state index is 13.4. The van der Waals surface area contributed by atoms with Crippen LogP contribution in [0.4, 0.5) is 11.4 Å². The Balaban J connectivity index is 1.53. The van der Waals surface area contributed by atoms with E-state index in [2.05, 4.69) is 30.5 Å². The van der Waals surface area contributed by atoms with Gasteiger partial charge in [-0.25, -0.2) is 4.31 Å². The van der Waals surface area contributed by atoms with Gasteiger partial charge < -0.3 is 15.0 Å². The molecule has 1 aromatic heterocycles. The first-order valence-electron chi connectivity index (χ1n) is 11.9. The first-order valence-corrected chi connectivity index (χ1v) is 15.1. The van der Waals surface area contributed by atoms with Gasteiger partial charge in [-0.2, -0.15) is 0 Å². The Kier molecular flexibility index (Phi) is 10.2. The second-order valence-corrected chi connectivity index (χ2v) is 13.0. The van der Waals surface area contributed by atoms with Gasteiger partial charge in [0.1, 0.15) is 8.67 Å². The van der Waals surface area contributed by atoms with E-state index < -0.39 is 0 Å². The summed E-state index contributed by atoms with van der Waals surface area (Å²) < 4.78 is 9.41. The Labute approximate surface area is 243 Å². The fourth-order valence-electron chi connectivity index (χ4n) is 4.53. The van der Waals surface area contributed by atoms with Crippen LogP contribution in [-0.2, 0) is 9.53 Å². The van der Waals surface area contributed by atoms with Gasteiger partial charge in [-0.1, -0.05) is 41.4 Å². The van der Waals surface area contributed by atoms with Crippen molar-refractivity contribution in [2.24, 2.45) is 5.92 Å². The molecule has 1 N–H and O–H groups in total. The average molecular weight is 645 g/mol. The Morgan fingerprint density at radius 3 is 2.84 bits per heavy atom. The number of aldehydes is 1. The van der Waals surface area contributed by atoms with Crippen molar-refractivity contribution in [3.63, 3.8) is 0 Å². The lowest BCUT2D eigenvalue weighted by Crippen LogP contribution is -2.37. The molecule has 0 spiro atoms. The largest absolute Gasteiger partial charge is 0.385 e. The third-order valence-corrected chi connectivity index (χ3v) is 11.0. The van der Waals surface area contributed by atoms with Gasteiger partial charge in [-0.3, -0.25) is 9.59 Å². The minimum Gasteiger partial charge on any atom is -0.385 e. The number of thiophene rings is 1. The molecule has 1 saturated heterocycles. The summed E-state index contributed by atoms with van der Waals surface area (Å²) >= 11 is 19.0. The number of methoxy groups -OCH3 is 1. The second-order valence-electron chi connectivity index (χ2n) is 8.89. The summed E-state index contributed by atoms with van der Waals surface area (Å²) in [6, 6.07) is 9.51. The molecule has 1 unspecified atom stereocenters. The molecular formula is C26H28BrCl2N3O3S2. The molecule has 0 bridgehead atoms. The van der Waals surface area contributed by atoms with Crippen molar-refractivity contribution in [3.8, 4) is 0 Å². The summed E-state index contributed by atoms with van der Waals surface area (Å²) in [6.45, 7) is 2.91. The third kappa shape index (κ3) is 6.64. The molecule has 11 heteroatoms. The smallest absolute Gasteiger partial charge is 0.228 e. The monoisotopic (exact) mass is 643 g/mol. The summed E-state index contributed by atoms with van der Waals surface area (Å²) in [7, 11) is 3.69. The van der Waals surface area contributed by atoms with Crippen LogP contribution in [-0.4, -0.2) is 56.9 Å². The predicted octanol–water partition coefficient (Wildman–Crippen LogP) is 7.61. The number of piperidine rings is 1. The SMILES string of the molecule is COCCCN(C)c1ccc(NC(=O)C2CCCN(Sc3c(Cl)sc(Cl)c3Br)C2)c2cccc(C=O)c12. The van der Waals surface area contributed by atoms with E-state index in [1.165, 1.54) is 23.3 Å². The van der Waals surface area contributed by atoms with Crippen LogP contribution < -0.4 is 10.2 Å². The van der Waals surface area contributed by atoms with Crippen molar-refractivity contribution < 1.29 is 14.3 Å². The number of amides is 1. The lowest BCUT2D eigenvalue weighted by Gasteiger charge is -2.31. The van der Waals surface area contributed by atoms with Gasteiger partial charge >= 0.3 is 0 Å². The number of anilines is 2. The summed E-state index contributed by atoms with van der Waals surface area (Å²) in [6.07, 6.45) is 3.45. The molecule has 198 valence electrons. The van der Waals surface area contributed by atoms with Crippen LogP contribution in [0.3, 0.4) is 0 Å². The first-order chi connectivity index (χ1) is 17.8. The molecule has 1 atom stereocenters. The summed E-state index contributed by atoms with van der Waals surface area (Å²) in [4.78, 5) is 28.3. The Bertz CT molecular complexity index is 1290. The standard InChI is InChI=1S/C26H28BrCl2N3O3S2/c1-31(11-5-13-35-2)20-10-9-19(18-8-3-6-17(15-33)21(18)20)30-26(34)16-7-4-12-32(14-16)37-23-22(27)24(28)36-25(23)29/h3,6,8-10,15-16H,4-5,7,11-14H2,1-2H3,(H,30,34). The molecular weight excluding hydrogens is 617 g/mol. The molecule has 2 aromatic carbocycles. The van der Waals surface area contributed by atoms with E-state index in [4.69, 9.17) is 27.9 Å². The lowest BCUT2D eigenvalue weighted by atomic mass is 9.97. The van der Waals surface area contributed by atoms with Gasteiger partial charge in [-0.15, -0.1) is 11.3 Å². The van der Waals surface area contributed by atoms with E-state index in [0.29, 0.717) is 33.1 Å². The number of rotatable bonds is 10. The summed E-state index contributed by atoms with van der Waals surface area (Å²) in [5.41, 5.74) is 2.25. The fraction of sp³-hybridized carbons (Fsp3) is 0.385. The highest BCUT2D eigenvalue weighted by atomic mass is 79.9. The van der Waals surface area contributed by atoms with Gasteiger partial charge in [0, 0.05) is 68.1 Å². The van der Waals surface area contributed by atoms with Crippen LogP contribution in [0.15, 0.2) is 39.7 Å². The summed E-state index contributed by atoms with van der Waals surface area (Å²) in [5.74, 6) is -0.202. The molecule has 0 saturated carbocycles. The van der Waals surface area contributed by atoms with Crippen molar-refractivity contribution in [3.05, 3.63) is 49.0 Å². The first kappa shape index (κ1) is 28.7. The number of carbonyl (C=O) groups is 2. The van der Waals surface area contributed by atoms with E-state index >= 15 is 0 Å². The van der Waals surface area contributed by atoms with Crippen LogP contribution in [0, 0.1) is 5.92 Å². The van der Waals surface area contributed by atoms with Crippen molar-refractivity contribution in [2.45, 2.75) is 24.2 Å². The Morgan fingerprint density at radius 2 is 2.14 bits per heavy atom. The van der Waals surface area contributed by atoms with Gasteiger partial charge in [-0.05, 0) is 59.3 Å². The molecule has 0 aliphatic carbocycles. The number of nitrogens with zero attached hydrogens (tertiary/aromatic N) is 2. The van der Waals surface area contributed by atoms with E-state index in [0.717, 1.165) is 64.5 Å².